The quantitative estimate of drug-likeness (QED) is 0.0204. The monoisotopic (exact) mass is 1290 g/mol. The first-order valence-corrected chi connectivity index (χ1v) is 36.4. The van der Waals surface area contributed by atoms with E-state index in [0.717, 1.165) is 96.3 Å². The molecule has 14 heteroatoms. The van der Waals surface area contributed by atoms with E-state index in [9.17, 15) is 45.6 Å². The molecule has 2 heterocycles. The Morgan fingerprint density at radius 2 is 0.761 bits per heavy atom. The summed E-state index contributed by atoms with van der Waals surface area (Å²) in [5.41, 5.74) is 0. The lowest BCUT2D eigenvalue weighted by Gasteiger charge is -2.46. The van der Waals surface area contributed by atoms with Gasteiger partial charge in [-0.05, 0) is 103 Å². The standard InChI is InChI=1S/C78H131NO13/c1-3-5-7-9-11-13-15-17-19-21-23-24-25-26-27-28-29-30-31-32-33-34-35-36-37-38-39-40-41-42-44-46-48-50-52-54-56-58-60-62-70(83)79-66(67(82)61-59-57-55-53-51-49-47-45-43-22-20-18-16-14-12-10-8-6-4-2)65-89-77-75(88)73(86)76(69(64-81)91-77)92-78-74(87)72(85)71(84)68(63-80)90-78/h5,7,11,13,17,19,23-24,26-27,29-30,32-33,35-36,38-39,51,53,59,61,66-69,71-78,80-82,84-88H,3-4,6,8-10,12,14-16,18,20-22,25,28,31,34,37,40-50,52,54-58,60,62-65H2,1-2H3,(H,79,83)/b7-5-,13-11-,19-17-,24-23-,27-26-,30-29-,33-32-,36-35-,39-38-,53-51+,61-59+. The number of hydrogen-bond donors (Lipinski definition) is 9. The molecule has 92 heavy (non-hydrogen) atoms. The van der Waals surface area contributed by atoms with Crippen LogP contribution in [0.15, 0.2) is 134 Å². The van der Waals surface area contributed by atoms with Gasteiger partial charge in [0, 0.05) is 6.42 Å². The van der Waals surface area contributed by atoms with Crippen LogP contribution in [0.3, 0.4) is 0 Å². The summed E-state index contributed by atoms with van der Waals surface area (Å²) in [6.07, 6.45) is 73.6. The molecule has 2 fully saturated rings. The Labute approximate surface area is 558 Å². The number of carbonyl (C=O) groups excluding carboxylic acids is 1. The smallest absolute Gasteiger partial charge is 0.220 e. The van der Waals surface area contributed by atoms with E-state index in [4.69, 9.17) is 18.9 Å². The second-order valence-corrected chi connectivity index (χ2v) is 25.0. The fraction of sp³-hybridized carbons (Fsp3) is 0.705. The lowest BCUT2D eigenvalue weighted by Crippen LogP contribution is -2.65. The van der Waals surface area contributed by atoms with E-state index in [-0.39, 0.29) is 18.9 Å². The molecule has 2 rings (SSSR count). The van der Waals surface area contributed by atoms with Crippen molar-refractivity contribution in [2.75, 3.05) is 19.8 Å². The van der Waals surface area contributed by atoms with E-state index in [1.54, 1.807) is 6.08 Å². The van der Waals surface area contributed by atoms with Gasteiger partial charge in [0.05, 0.1) is 32.0 Å². The van der Waals surface area contributed by atoms with Crippen molar-refractivity contribution in [2.45, 2.75) is 331 Å². The van der Waals surface area contributed by atoms with Crippen molar-refractivity contribution in [2.24, 2.45) is 0 Å². The molecule has 0 aromatic heterocycles. The van der Waals surface area contributed by atoms with Crippen molar-refractivity contribution in [3.05, 3.63) is 134 Å². The fourth-order valence-electron chi connectivity index (χ4n) is 11.1. The van der Waals surface area contributed by atoms with E-state index in [0.29, 0.717) is 12.8 Å². The van der Waals surface area contributed by atoms with Crippen molar-refractivity contribution in [1.82, 2.24) is 5.32 Å². The number of ether oxygens (including phenoxy) is 4. The van der Waals surface area contributed by atoms with Crippen molar-refractivity contribution < 1.29 is 64.6 Å². The summed E-state index contributed by atoms with van der Waals surface area (Å²) < 4.78 is 22.8. The van der Waals surface area contributed by atoms with Crippen molar-refractivity contribution in [1.29, 1.82) is 0 Å². The Hall–Kier alpha value is -3.87. The maximum atomic E-state index is 13.3. The molecule has 2 aliphatic rings. The number of aliphatic hydroxyl groups excluding tert-OH is 8. The van der Waals surface area contributed by atoms with Crippen LogP contribution in [0.4, 0.5) is 0 Å². The summed E-state index contributed by atoms with van der Waals surface area (Å²) in [6, 6.07) is -0.943. The Morgan fingerprint density at radius 3 is 1.20 bits per heavy atom. The van der Waals surface area contributed by atoms with Crippen LogP contribution < -0.4 is 5.32 Å². The maximum absolute atomic E-state index is 13.3. The van der Waals surface area contributed by atoms with Gasteiger partial charge in [0.1, 0.15) is 48.8 Å². The second-order valence-electron chi connectivity index (χ2n) is 25.0. The highest BCUT2D eigenvalue weighted by Gasteiger charge is 2.51. The van der Waals surface area contributed by atoms with Gasteiger partial charge in [0.25, 0.3) is 0 Å². The van der Waals surface area contributed by atoms with Gasteiger partial charge >= 0.3 is 0 Å². The molecule has 12 unspecified atom stereocenters. The fourth-order valence-corrected chi connectivity index (χ4v) is 11.1. The van der Waals surface area contributed by atoms with Gasteiger partial charge in [-0.3, -0.25) is 4.79 Å². The van der Waals surface area contributed by atoms with Gasteiger partial charge < -0.3 is 65.1 Å². The van der Waals surface area contributed by atoms with Gasteiger partial charge in [-0.2, -0.15) is 0 Å². The topological polar surface area (TPSA) is 228 Å². The van der Waals surface area contributed by atoms with E-state index in [1.165, 1.54) is 128 Å². The highest BCUT2D eigenvalue weighted by molar-refractivity contribution is 5.76. The number of hydrogen-bond acceptors (Lipinski definition) is 13. The van der Waals surface area contributed by atoms with Crippen LogP contribution in [0.2, 0.25) is 0 Å². The molecule has 526 valence electrons. The Morgan fingerprint density at radius 1 is 0.402 bits per heavy atom. The first-order valence-electron chi connectivity index (χ1n) is 36.4. The summed E-state index contributed by atoms with van der Waals surface area (Å²) in [6.45, 7) is 2.67. The van der Waals surface area contributed by atoms with Gasteiger partial charge in [-0.25, -0.2) is 0 Å². The molecular formula is C78H131NO13. The minimum atomic E-state index is -1.80. The summed E-state index contributed by atoms with van der Waals surface area (Å²) in [4.78, 5) is 13.3. The Bertz CT molecular complexity index is 2060. The number of carbonyl (C=O) groups is 1. The predicted octanol–water partition coefficient (Wildman–Crippen LogP) is 15.5. The molecule has 14 nitrogen and oxygen atoms in total. The average molecular weight is 1290 g/mol. The van der Waals surface area contributed by atoms with E-state index < -0.39 is 86.8 Å². The predicted molar refractivity (Wildman–Crippen MR) is 378 cm³/mol. The van der Waals surface area contributed by atoms with Crippen LogP contribution in [-0.4, -0.2) is 140 Å². The van der Waals surface area contributed by atoms with Crippen molar-refractivity contribution in [3.8, 4) is 0 Å². The van der Waals surface area contributed by atoms with E-state index in [2.05, 4.69) is 141 Å². The lowest BCUT2D eigenvalue weighted by molar-refractivity contribution is -0.359. The molecule has 0 radical (unpaired) electrons. The van der Waals surface area contributed by atoms with Crippen LogP contribution in [0.5, 0.6) is 0 Å². The molecule has 0 spiro atoms. The third-order valence-corrected chi connectivity index (χ3v) is 16.8. The molecule has 0 aromatic rings. The molecule has 0 aliphatic carbocycles. The van der Waals surface area contributed by atoms with Crippen LogP contribution in [0.1, 0.15) is 258 Å². The molecular weight excluding hydrogens is 1160 g/mol. The molecule has 0 bridgehead atoms. The summed E-state index contributed by atoms with van der Waals surface area (Å²) >= 11 is 0. The Balaban J connectivity index is 1.64. The highest BCUT2D eigenvalue weighted by atomic mass is 16.7. The number of allylic oxidation sites excluding steroid dienone is 21. The number of rotatable bonds is 58. The van der Waals surface area contributed by atoms with Gasteiger partial charge in [0.2, 0.25) is 5.91 Å². The first kappa shape index (κ1) is 84.2. The number of unbranched alkanes of at least 4 members (excludes halogenated alkanes) is 25. The van der Waals surface area contributed by atoms with Gasteiger partial charge in [-0.15, -0.1) is 0 Å². The molecule has 9 N–H and O–H groups in total. The van der Waals surface area contributed by atoms with Crippen LogP contribution >= 0.6 is 0 Å². The maximum Gasteiger partial charge on any atom is 0.220 e. The molecule has 0 saturated carbocycles. The van der Waals surface area contributed by atoms with Gasteiger partial charge in [-0.1, -0.05) is 282 Å². The van der Waals surface area contributed by atoms with E-state index in [1.807, 2.05) is 6.08 Å². The molecule has 1 amide bonds. The molecule has 2 saturated heterocycles. The zero-order valence-corrected chi connectivity index (χ0v) is 57.2. The third-order valence-electron chi connectivity index (χ3n) is 16.8. The largest absolute Gasteiger partial charge is 0.394 e. The highest BCUT2D eigenvalue weighted by Crippen LogP contribution is 2.30. The van der Waals surface area contributed by atoms with Crippen LogP contribution in [0.25, 0.3) is 0 Å². The third kappa shape index (κ3) is 44.0. The SMILES string of the molecule is CC/C=C\C/C=C\C/C=C\C/C=C\C/C=C\C/C=C\C/C=C\C/C=C\C/C=C\CCCCCCCCCCCCCC(=O)NC(COC1OC(CO)C(OC2OC(CO)C(O)C(O)C2O)C(O)C1O)C(O)/C=C/CC/C=C/CCCCCCCCCCCCCCC. The van der Waals surface area contributed by atoms with Crippen LogP contribution in [-0.2, 0) is 23.7 Å². The Kier molecular flexibility index (Phi) is 55.6. The van der Waals surface area contributed by atoms with E-state index >= 15 is 0 Å². The van der Waals surface area contributed by atoms with Crippen LogP contribution in [0, 0.1) is 0 Å². The summed E-state index contributed by atoms with van der Waals surface area (Å²) in [5, 5.41) is 87.4. The molecule has 2 aliphatic heterocycles. The average Bonchev–Trinajstić information content (AvgIpc) is 1.05. The number of aliphatic hydroxyl groups is 8. The summed E-state index contributed by atoms with van der Waals surface area (Å²) in [7, 11) is 0. The number of amides is 1. The minimum Gasteiger partial charge on any atom is -0.394 e. The molecule has 0 aromatic carbocycles. The molecule has 12 atom stereocenters. The minimum absolute atomic E-state index is 0.256. The second kappa shape index (κ2) is 60.8. The zero-order valence-electron chi connectivity index (χ0n) is 57.2. The lowest BCUT2D eigenvalue weighted by atomic mass is 9.97. The van der Waals surface area contributed by atoms with Gasteiger partial charge in [0.15, 0.2) is 12.6 Å². The van der Waals surface area contributed by atoms with Crippen molar-refractivity contribution in [3.63, 3.8) is 0 Å². The van der Waals surface area contributed by atoms with Crippen molar-refractivity contribution >= 4 is 5.91 Å². The normalized spacial score (nSPS) is 23.5. The summed E-state index contributed by atoms with van der Waals surface area (Å²) in [5.74, 6) is -0.256. The first-order chi connectivity index (χ1) is 45.1. The zero-order chi connectivity index (χ0) is 66.6. The number of nitrogens with one attached hydrogen (secondary N) is 1.